The minimum atomic E-state index is -0.364. The standard InChI is InChI=1S/C52H71N7O7/c1-5-59(6-2)44-17-18-48(46(37-44)49-36-42(19-22-54-49)51(61)55-47-16-10-12-40-11-7-8-15-45(40)47)56-50(60)41-13-9-14-43(35-41)52(62)58(4)25-24-57(3)26-30-65-32-34-66-33-31-64-29-23-53-38-39-20-27-63-28-21-39/h7-9,11,13-15,17-19,22,35-37,39,47,53H,5-6,10,12,16,20-21,23-34,38H2,1-4H3,(H,55,61)(H,56,60). The summed E-state index contributed by atoms with van der Waals surface area (Å²) in [5.41, 5.74) is 6.45. The van der Waals surface area contributed by atoms with E-state index in [1.165, 1.54) is 11.1 Å². The number of pyridine rings is 1. The maximum Gasteiger partial charge on any atom is 0.255 e. The van der Waals surface area contributed by atoms with E-state index in [2.05, 4.69) is 56.7 Å². The van der Waals surface area contributed by atoms with Crippen molar-refractivity contribution in [3.05, 3.63) is 113 Å². The van der Waals surface area contributed by atoms with E-state index < -0.39 is 0 Å². The molecule has 2 heterocycles. The van der Waals surface area contributed by atoms with Gasteiger partial charge in [-0.1, -0.05) is 30.3 Å². The highest BCUT2D eigenvalue weighted by Gasteiger charge is 2.23. The Morgan fingerprint density at radius 2 is 1.47 bits per heavy atom. The molecule has 2 aliphatic rings. The first kappa shape index (κ1) is 50.2. The summed E-state index contributed by atoms with van der Waals surface area (Å²) >= 11 is 0. The molecule has 14 heteroatoms. The fraction of sp³-hybridized carbons (Fsp3) is 0.500. The lowest BCUT2D eigenvalue weighted by Crippen LogP contribution is -2.36. The Kier molecular flexibility index (Phi) is 20.4. The molecule has 1 saturated heterocycles. The van der Waals surface area contributed by atoms with Gasteiger partial charge in [0.15, 0.2) is 0 Å². The van der Waals surface area contributed by atoms with Crippen LogP contribution in [0.3, 0.4) is 0 Å². The number of hydrogen-bond acceptors (Lipinski definition) is 11. The number of nitrogens with zero attached hydrogens (tertiary/aromatic N) is 4. The molecule has 0 saturated carbocycles. The van der Waals surface area contributed by atoms with Gasteiger partial charge in [-0.25, -0.2) is 0 Å². The maximum absolute atomic E-state index is 13.9. The number of amides is 3. The second-order valence-corrected chi connectivity index (χ2v) is 17.1. The van der Waals surface area contributed by atoms with Gasteiger partial charge in [-0.15, -0.1) is 0 Å². The first-order chi connectivity index (χ1) is 32.2. The van der Waals surface area contributed by atoms with E-state index in [1.54, 1.807) is 54.5 Å². The topological polar surface area (TPSA) is 147 Å². The number of likely N-dealkylation sites (N-methyl/N-ethyl adjacent to an activating group) is 2. The van der Waals surface area contributed by atoms with E-state index in [4.69, 9.17) is 18.9 Å². The lowest BCUT2D eigenvalue weighted by molar-refractivity contribution is 0.0116. The number of anilines is 2. The SMILES string of the molecule is CCN(CC)c1ccc(NC(=O)c2cccc(C(=O)N(C)CCN(C)CCOCCOCCOCCNCC3CCOCC3)c2)c(-c2cc(C(=O)NC3CCCc4ccccc43)ccn2)c1. The van der Waals surface area contributed by atoms with Crippen molar-refractivity contribution >= 4 is 29.1 Å². The molecule has 66 heavy (non-hydrogen) atoms. The van der Waals surface area contributed by atoms with Crippen LogP contribution in [0.5, 0.6) is 0 Å². The van der Waals surface area contributed by atoms with Crippen molar-refractivity contribution in [2.45, 2.75) is 52.0 Å². The molecule has 356 valence electrons. The van der Waals surface area contributed by atoms with Gasteiger partial charge in [-0.05, 0) is 125 Å². The number of aryl methyl sites for hydroxylation is 1. The first-order valence-corrected chi connectivity index (χ1v) is 23.8. The highest BCUT2D eigenvalue weighted by atomic mass is 16.5. The highest BCUT2D eigenvalue weighted by molar-refractivity contribution is 6.08. The Morgan fingerprint density at radius 3 is 2.26 bits per heavy atom. The summed E-state index contributed by atoms with van der Waals surface area (Å²) in [7, 11) is 3.77. The number of carbonyl (C=O) groups is 3. The molecular weight excluding hydrogens is 835 g/mol. The molecule has 1 aromatic heterocycles. The van der Waals surface area contributed by atoms with E-state index in [-0.39, 0.29) is 23.8 Å². The quantitative estimate of drug-likeness (QED) is 0.0578. The summed E-state index contributed by atoms with van der Waals surface area (Å²) in [5, 5.41) is 9.81. The summed E-state index contributed by atoms with van der Waals surface area (Å²) in [6.45, 7) is 14.6. The zero-order chi connectivity index (χ0) is 46.5. The molecule has 6 rings (SSSR count). The summed E-state index contributed by atoms with van der Waals surface area (Å²) in [6.07, 6.45) is 6.81. The summed E-state index contributed by atoms with van der Waals surface area (Å²) in [5.74, 6) is -0.00782. The normalized spacial score (nSPS) is 15.0. The molecule has 14 nitrogen and oxygen atoms in total. The predicted molar refractivity (Wildman–Crippen MR) is 261 cm³/mol. The van der Waals surface area contributed by atoms with Crippen LogP contribution in [0.15, 0.2) is 85.1 Å². The number of benzene rings is 3. The molecule has 1 atom stereocenters. The van der Waals surface area contributed by atoms with Gasteiger partial charge in [0.05, 0.1) is 57.1 Å². The molecule has 4 aromatic rings. The summed E-state index contributed by atoms with van der Waals surface area (Å²) in [4.78, 5) is 51.9. The molecule has 1 fully saturated rings. The van der Waals surface area contributed by atoms with E-state index in [9.17, 15) is 14.4 Å². The molecule has 1 aliphatic carbocycles. The van der Waals surface area contributed by atoms with Crippen molar-refractivity contribution in [2.75, 3.05) is 123 Å². The van der Waals surface area contributed by atoms with Gasteiger partial charge >= 0.3 is 0 Å². The van der Waals surface area contributed by atoms with Gasteiger partial charge in [-0.3, -0.25) is 19.4 Å². The van der Waals surface area contributed by atoms with Crippen molar-refractivity contribution < 1.29 is 33.3 Å². The van der Waals surface area contributed by atoms with Crippen molar-refractivity contribution in [3.8, 4) is 11.3 Å². The summed E-state index contributed by atoms with van der Waals surface area (Å²) < 4.78 is 22.5. The van der Waals surface area contributed by atoms with Gasteiger partial charge in [0.2, 0.25) is 0 Å². The van der Waals surface area contributed by atoms with E-state index in [0.717, 1.165) is 77.2 Å². The lowest BCUT2D eigenvalue weighted by atomic mass is 9.87. The molecule has 3 aromatic carbocycles. The number of ether oxygens (including phenoxy) is 4. The Hall–Kier alpha value is -5.22. The molecule has 3 N–H and O–H groups in total. The Bertz CT molecular complexity index is 2140. The lowest BCUT2D eigenvalue weighted by Gasteiger charge is -2.26. The molecular formula is C52H71N7O7. The van der Waals surface area contributed by atoms with Gasteiger partial charge in [0.1, 0.15) is 0 Å². The molecule has 0 bridgehead atoms. The van der Waals surface area contributed by atoms with E-state index in [1.807, 2.05) is 37.4 Å². The Balaban J connectivity index is 0.957. The fourth-order valence-corrected chi connectivity index (χ4v) is 8.41. The number of aromatic nitrogens is 1. The van der Waals surface area contributed by atoms with Crippen LogP contribution in [0.2, 0.25) is 0 Å². The number of nitrogens with one attached hydrogen (secondary N) is 3. The van der Waals surface area contributed by atoms with Crippen molar-refractivity contribution in [3.63, 3.8) is 0 Å². The molecule has 0 spiro atoms. The second kappa shape index (κ2) is 26.8. The maximum atomic E-state index is 13.9. The molecule has 0 radical (unpaired) electrons. The average Bonchev–Trinajstić information content (AvgIpc) is 3.35. The van der Waals surface area contributed by atoms with Crippen molar-refractivity contribution in [2.24, 2.45) is 5.92 Å². The Labute approximate surface area is 391 Å². The van der Waals surface area contributed by atoms with Gasteiger partial charge in [-0.2, -0.15) is 0 Å². The third kappa shape index (κ3) is 15.2. The van der Waals surface area contributed by atoms with Crippen LogP contribution in [0, 0.1) is 5.92 Å². The average molecular weight is 906 g/mol. The molecule has 3 amide bonds. The first-order valence-electron chi connectivity index (χ1n) is 23.8. The van der Waals surface area contributed by atoms with Gasteiger partial charge in [0, 0.05) is 93.7 Å². The smallest absolute Gasteiger partial charge is 0.255 e. The third-order valence-electron chi connectivity index (χ3n) is 12.4. The van der Waals surface area contributed by atoms with E-state index in [0.29, 0.717) is 98.8 Å². The predicted octanol–water partition coefficient (Wildman–Crippen LogP) is 6.72. The summed E-state index contributed by atoms with van der Waals surface area (Å²) in [6, 6.07) is 24.4. The second-order valence-electron chi connectivity index (χ2n) is 17.1. The Morgan fingerprint density at radius 1 is 0.742 bits per heavy atom. The van der Waals surface area contributed by atoms with E-state index >= 15 is 0 Å². The van der Waals surface area contributed by atoms with Crippen LogP contribution in [-0.2, 0) is 25.4 Å². The number of carbonyl (C=O) groups excluding carboxylic acids is 3. The number of rotatable bonds is 26. The van der Waals surface area contributed by atoms with Crippen LogP contribution in [-0.4, -0.2) is 145 Å². The third-order valence-corrected chi connectivity index (χ3v) is 12.4. The van der Waals surface area contributed by atoms with Gasteiger partial charge in [0.25, 0.3) is 17.7 Å². The van der Waals surface area contributed by atoms with Crippen LogP contribution < -0.4 is 20.9 Å². The number of fused-ring (bicyclic) bond motifs is 1. The zero-order valence-electron chi connectivity index (χ0n) is 39.5. The van der Waals surface area contributed by atoms with Crippen molar-refractivity contribution in [1.82, 2.24) is 25.4 Å². The van der Waals surface area contributed by atoms with Gasteiger partial charge < -0.3 is 49.6 Å². The van der Waals surface area contributed by atoms with Crippen LogP contribution in [0.1, 0.15) is 87.8 Å². The minimum Gasteiger partial charge on any atom is -0.381 e. The molecule has 1 aliphatic heterocycles. The fourth-order valence-electron chi connectivity index (χ4n) is 8.41. The van der Waals surface area contributed by atoms with Crippen LogP contribution in [0.25, 0.3) is 11.3 Å². The zero-order valence-corrected chi connectivity index (χ0v) is 39.5. The highest BCUT2D eigenvalue weighted by Crippen LogP contribution is 2.33. The van der Waals surface area contributed by atoms with Crippen molar-refractivity contribution in [1.29, 1.82) is 0 Å². The largest absolute Gasteiger partial charge is 0.381 e. The minimum absolute atomic E-state index is 0.0621. The monoisotopic (exact) mass is 906 g/mol. The van der Waals surface area contributed by atoms with Crippen LogP contribution in [0.4, 0.5) is 11.4 Å². The molecule has 1 unspecified atom stereocenters. The van der Waals surface area contributed by atoms with Crippen LogP contribution >= 0.6 is 0 Å². The number of hydrogen-bond donors (Lipinski definition) is 3.